The molecule has 4 rings (SSSR count). The summed E-state index contributed by atoms with van der Waals surface area (Å²) in [5, 5.41) is 13.2. The zero-order valence-electron chi connectivity index (χ0n) is 19.7. The van der Waals surface area contributed by atoms with Crippen LogP contribution in [0.3, 0.4) is 0 Å². The Balaban J connectivity index is 1.20. The van der Waals surface area contributed by atoms with Crippen LogP contribution in [0.2, 0.25) is 15.1 Å². The van der Waals surface area contributed by atoms with E-state index < -0.39 is 0 Å². The van der Waals surface area contributed by atoms with Gasteiger partial charge in [0.25, 0.3) is 0 Å². The van der Waals surface area contributed by atoms with E-state index in [0.29, 0.717) is 23.9 Å². The van der Waals surface area contributed by atoms with Gasteiger partial charge in [0.1, 0.15) is 25.2 Å². The van der Waals surface area contributed by atoms with Gasteiger partial charge in [-0.05, 0) is 29.8 Å². The Bertz CT molecular complexity index is 1310. The Kier molecular flexibility index (Phi) is 9.92. The van der Waals surface area contributed by atoms with E-state index in [1.54, 1.807) is 6.07 Å². The van der Waals surface area contributed by atoms with Crippen LogP contribution >= 0.6 is 34.8 Å². The zero-order chi connectivity index (χ0) is 26.0. The molecule has 2 aromatic carbocycles. The van der Waals surface area contributed by atoms with Gasteiger partial charge in [-0.25, -0.2) is 0 Å². The largest absolute Gasteiger partial charge is 0.478 e. The van der Waals surface area contributed by atoms with Crippen LogP contribution < -0.4 is 10.1 Å². The lowest BCUT2D eigenvalue weighted by molar-refractivity contribution is 0.00406. The number of aromatic nitrogens is 1. The van der Waals surface area contributed by atoms with Crippen molar-refractivity contribution >= 4 is 40.7 Å². The smallest absolute Gasteiger partial charge is 0.233 e. The van der Waals surface area contributed by atoms with Crippen LogP contribution in [0.4, 0.5) is 5.88 Å². The van der Waals surface area contributed by atoms with Crippen molar-refractivity contribution in [1.82, 2.24) is 9.88 Å². The maximum Gasteiger partial charge on any atom is 0.233 e. The summed E-state index contributed by atoms with van der Waals surface area (Å²) in [7, 11) is 0. The average Bonchev–Trinajstić information content (AvgIpc) is 3.33. The van der Waals surface area contributed by atoms with Crippen molar-refractivity contribution in [1.29, 1.82) is 5.26 Å². The highest BCUT2D eigenvalue weighted by molar-refractivity contribution is 6.44. The Hall–Kier alpha value is -2.95. The van der Waals surface area contributed by atoms with Crippen LogP contribution in [0, 0.1) is 23.2 Å². The number of nitrogens with zero attached hydrogens (tertiary/aromatic N) is 3. The minimum Gasteiger partial charge on any atom is -0.478 e. The first-order valence-electron chi connectivity index (χ1n) is 11.4. The van der Waals surface area contributed by atoms with Crippen molar-refractivity contribution < 1.29 is 18.6 Å². The van der Waals surface area contributed by atoms with E-state index >= 15 is 0 Å². The lowest BCUT2D eigenvalue weighted by Crippen LogP contribution is -2.38. The monoisotopic (exact) mass is 560 g/mol. The second-order valence-corrected chi connectivity index (χ2v) is 9.13. The van der Waals surface area contributed by atoms with Crippen molar-refractivity contribution in [2.45, 2.75) is 6.61 Å². The number of rotatable bonds is 9. The van der Waals surface area contributed by atoms with Crippen LogP contribution in [0.15, 0.2) is 40.8 Å². The average molecular weight is 562 g/mol. The van der Waals surface area contributed by atoms with Crippen molar-refractivity contribution in [3.05, 3.63) is 62.7 Å². The normalized spacial score (nSPS) is 13.5. The minimum atomic E-state index is 0.0672. The SMILES string of the molecule is N#Cc1nc(-c2cc(Cl)cc(Cl)c2Cl)oc1NCC#CCOCc1ccc(OCN2CCOCC2)cc1. The number of oxazole rings is 1. The van der Waals surface area contributed by atoms with Crippen LogP contribution in [0.1, 0.15) is 11.3 Å². The second kappa shape index (κ2) is 13.6. The van der Waals surface area contributed by atoms with Gasteiger partial charge in [0.2, 0.25) is 17.5 Å². The Morgan fingerprint density at radius 3 is 2.62 bits per heavy atom. The fourth-order valence-corrected chi connectivity index (χ4v) is 4.06. The van der Waals surface area contributed by atoms with E-state index in [1.165, 1.54) is 6.07 Å². The van der Waals surface area contributed by atoms with Gasteiger partial charge in [0.15, 0.2) is 0 Å². The molecule has 0 aliphatic carbocycles. The molecule has 0 radical (unpaired) electrons. The number of hydrogen-bond acceptors (Lipinski definition) is 8. The number of hydrogen-bond donors (Lipinski definition) is 1. The topological polar surface area (TPSA) is 92.8 Å². The minimum absolute atomic E-state index is 0.0672. The molecule has 192 valence electrons. The van der Waals surface area contributed by atoms with Crippen LogP contribution in [-0.4, -0.2) is 56.1 Å². The summed E-state index contributed by atoms with van der Waals surface area (Å²) in [6, 6.07) is 12.8. The molecule has 0 unspecified atom stereocenters. The number of anilines is 1. The van der Waals surface area contributed by atoms with E-state index in [9.17, 15) is 5.26 Å². The van der Waals surface area contributed by atoms with Crippen LogP contribution in [0.5, 0.6) is 5.75 Å². The van der Waals surface area contributed by atoms with Gasteiger partial charge in [-0.1, -0.05) is 58.8 Å². The molecule has 0 atom stereocenters. The first kappa shape index (κ1) is 27.1. The molecule has 1 aromatic heterocycles. The third-order valence-corrected chi connectivity index (χ3v) is 6.32. The van der Waals surface area contributed by atoms with Crippen LogP contribution in [-0.2, 0) is 16.1 Å². The fourth-order valence-electron chi connectivity index (χ4n) is 3.38. The van der Waals surface area contributed by atoms with E-state index in [4.69, 9.17) is 53.4 Å². The molecule has 2 heterocycles. The predicted octanol–water partition coefficient (Wildman–Crippen LogP) is 5.47. The zero-order valence-corrected chi connectivity index (χ0v) is 22.0. The van der Waals surface area contributed by atoms with Crippen LogP contribution in [0.25, 0.3) is 11.5 Å². The standard InChI is InChI=1S/C26H23Cl3N4O4/c27-19-13-21(24(29)22(28)14-19)25-32-23(15-30)26(37-25)31-7-1-2-10-35-16-18-3-5-20(6-4-18)36-17-33-8-11-34-12-9-33/h3-6,13-14,31H,7-12,16-17H2. The molecule has 3 aromatic rings. The van der Waals surface area contributed by atoms with Crippen molar-refractivity contribution in [2.75, 3.05) is 51.5 Å². The summed E-state index contributed by atoms with van der Waals surface area (Å²) in [5.41, 5.74) is 1.48. The first-order chi connectivity index (χ1) is 18.0. The molecule has 0 spiro atoms. The molecule has 1 fully saturated rings. The highest BCUT2D eigenvalue weighted by atomic mass is 35.5. The summed E-state index contributed by atoms with van der Waals surface area (Å²) in [6.07, 6.45) is 0. The first-order valence-corrected chi connectivity index (χ1v) is 12.5. The van der Waals surface area contributed by atoms with Crippen molar-refractivity contribution in [2.24, 2.45) is 0 Å². The van der Waals surface area contributed by atoms with E-state index in [-0.39, 0.29) is 40.7 Å². The Morgan fingerprint density at radius 1 is 1.08 bits per heavy atom. The quantitative estimate of drug-likeness (QED) is 0.209. The molecule has 1 saturated heterocycles. The summed E-state index contributed by atoms with van der Waals surface area (Å²) in [6.45, 7) is 4.72. The predicted molar refractivity (Wildman–Crippen MR) is 142 cm³/mol. The summed E-state index contributed by atoms with van der Waals surface area (Å²) in [4.78, 5) is 6.37. The van der Waals surface area contributed by atoms with E-state index in [1.807, 2.05) is 30.3 Å². The molecular weight excluding hydrogens is 539 g/mol. The molecule has 0 saturated carbocycles. The van der Waals surface area contributed by atoms with E-state index in [0.717, 1.165) is 37.6 Å². The number of nitrogens with one attached hydrogen (secondary N) is 1. The molecule has 1 aliphatic rings. The second-order valence-electron chi connectivity index (χ2n) is 7.91. The third-order valence-electron chi connectivity index (χ3n) is 5.30. The summed E-state index contributed by atoms with van der Waals surface area (Å²) >= 11 is 18.4. The number of halogens is 3. The highest BCUT2D eigenvalue weighted by Crippen LogP contribution is 2.37. The molecule has 1 N–H and O–H groups in total. The molecular formula is C26H23Cl3N4O4. The number of ether oxygens (including phenoxy) is 3. The van der Waals surface area contributed by atoms with E-state index in [2.05, 4.69) is 27.0 Å². The van der Waals surface area contributed by atoms with Gasteiger partial charge < -0.3 is 23.9 Å². The summed E-state index contributed by atoms with van der Waals surface area (Å²) < 4.78 is 22.4. The lowest BCUT2D eigenvalue weighted by atomic mass is 10.2. The molecule has 0 bridgehead atoms. The fraction of sp³-hybridized carbons (Fsp3) is 0.308. The third kappa shape index (κ3) is 7.77. The molecule has 1 aliphatic heterocycles. The molecule has 0 amide bonds. The number of benzene rings is 2. The number of nitriles is 1. The van der Waals surface area contributed by atoms with Gasteiger partial charge >= 0.3 is 0 Å². The number of morpholine rings is 1. The summed E-state index contributed by atoms with van der Waals surface area (Å²) in [5.74, 6) is 6.96. The highest BCUT2D eigenvalue weighted by Gasteiger charge is 2.18. The maximum absolute atomic E-state index is 9.38. The van der Waals surface area contributed by atoms with Crippen molar-refractivity contribution in [3.63, 3.8) is 0 Å². The van der Waals surface area contributed by atoms with Gasteiger partial charge in [-0.3, -0.25) is 4.90 Å². The van der Waals surface area contributed by atoms with Gasteiger partial charge in [0, 0.05) is 18.1 Å². The van der Waals surface area contributed by atoms with Gasteiger partial charge in [-0.15, -0.1) is 0 Å². The molecule has 11 heteroatoms. The van der Waals surface area contributed by atoms with Gasteiger partial charge in [-0.2, -0.15) is 10.2 Å². The molecule has 37 heavy (non-hydrogen) atoms. The van der Waals surface area contributed by atoms with Crippen molar-refractivity contribution in [3.8, 4) is 35.1 Å². The molecule has 8 nitrogen and oxygen atoms in total. The lowest BCUT2D eigenvalue weighted by Gasteiger charge is -2.26. The van der Waals surface area contributed by atoms with Gasteiger partial charge in [0.05, 0.1) is 42.0 Å². The Labute approximate surface area is 230 Å². The Morgan fingerprint density at radius 2 is 1.86 bits per heavy atom. The maximum atomic E-state index is 9.38.